The molecule has 2 aliphatic heterocycles. The van der Waals surface area contributed by atoms with E-state index >= 15 is 0 Å². The average Bonchev–Trinajstić information content (AvgIpc) is 3.40. The van der Waals surface area contributed by atoms with Crippen LogP contribution in [0.25, 0.3) is 0 Å². The van der Waals surface area contributed by atoms with E-state index in [0.29, 0.717) is 12.8 Å². The van der Waals surface area contributed by atoms with Gasteiger partial charge >= 0.3 is 11.9 Å². The van der Waals surface area contributed by atoms with E-state index in [1.807, 2.05) is 0 Å². The zero-order chi connectivity index (χ0) is 54.6. The number of esters is 2. The van der Waals surface area contributed by atoms with Crippen LogP contribution in [0.5, 0.6) is 0 Å². The van der Waals surface area contributed by atoms with Crippen molar-refractivity contribution >= 4 is 11.9 Å². The van der Waals surface area contributed by atoms with Gasteiger partial charge < -0.3 is 64.2 Å². The summed E-state index contributed by atoms with van der Waals surface area (Å²) in [5.41, 5.74) is 0. The lowest BCUT2D eigenvalue weighted by Crippen LogP contribution is -2.61. The summed E-state index contributed by atoms with van der Waals surface area (Å²) in [6.45, 7) is 2.63. The highest BCUT2D eigenvalue weighted by atomic mass is 16.7. The predicted molar refractivity (Wildman–Crippen MR) is 294 cm³/mol. The summed E-state index contributed by atoms with van der Waals surface area (Å²) in [7, 11) is 0. The number of aliphatic hydroxyl groups is 7. The lowest BCUT2D eigenvalue weighted by molar-refractivity contribution is -0.332. The largest absolute Gasteiger partial charge is 0.462 e. The minimum absolute atomic E-state index is 0.160. The van der Waals surface area contributed by atoms with Gasteiger partial charge in [-0.15, -0.1) is 0 Å². The number of rotatable bonds is 50. The van der Waals surface area contributed by atoms with Crippen molar-refractivity contribution in [2.75, 3.05) is 26.4 Å². The summed E-state index contributed by atoms with van der Waals surface area (Å²) in [5, 5.41) is 72.3. The molecule has 11 unspecified atom stereocenters. The zero-order valence-corrected chi connectivity index (χ0v) is 47.3. The molecule has 442 valence electrons. The van der Waals surface area contributed by atoms with Crippen molar-refractivity contribution < 1.29 is 73.8 Å². The molecule has 0 radical (unpaired) electrons. The molecule has 75 heavy (non-hydrogen) atoms. The Balaban J connectivity index is 1.70. The highest BCUT2D eigenvalue weighted by Gasteiger charge is 2.47. The summed E-state index contributed by atoms with van der Waals surface area (Å²) in [6.07, 6.45) is 33.8. The van der Waals surface area contributed by atoms with Crippen molar-refractivity contribution in [1.29, 1.82) is 0 Å². The van der Waals surface area contributed by atoms with Gasteiger partial charge in [-0.3, -0.25) is 9.59 Å². The number of ether oxygens (including phenoxy) is 6. The summed E-state index contributed by atoms with van der Waals surface area (Å²) in [4.78, 5) is 25.9. The van der Waals surface area contributed by atoms with Gasteiger partial charge in [-0.2, -0.15) is 0 Å². The van der Waals surface area contributed by atoms with Crippen LogP contribution in [0.15, 0.2) is 12.2 Å². The van der Waals surface area contributed by atoms with Crippen LogP contribution in [0.3, 0.4) is 0 Å². The molecule has 0 aromatic carbocycles. The Morgan fingerprint density at radius 1 is 0.413 bits per heavy atom. The second kappa shape index (κ2) is 47.1. The van der Waals surface area contributed by atoms with Crippen LogP contribution in [0.1, 0.15) is 264 Å². The van der Waals surface area contributed by atoms with Gasteiger partial charge in [-0.25, -0.2) is 0 Å². The maximum absolute atomic E-state index is 13.1. The molecule has 0 aromatic heterocycles. The molecular weight excluding hydrogens is 961 g/mol. The topological polar surface area (TPSA) is 231 Å². The molecule has 0 aromatic rings. The average molecular weight is 1070 g/mol. The SMILES string of the molecule is CCCCCCCC/C=C\CCCCCCCC(=O)OC(COC(=O)CCCCCCCCCCCCCCCCCCCCCCCCCC)COC1OC(COC2OC(CO)C(O)C(O)C2O)C(O)C(O)C1O. The molecule has 0 spiro atoms. The minimum Gasteiger partial charge on any atom is -0.462 e. The summed E-state index contributed by atoms with van der Waals surface area (Å²) in [5.74, 6) is -0.918. The molecule has 2 aliphatic rings. The molecule has 0 bridgehead atoms. The van der Waals surface area contributed by atoms with Crippen molar-refractivity contribution in [3.8, 4) is 0 Å². The molecule has 2 rings (SSSR count). The second-order valence-corrected chi connectivity index (χ2v) is 21.9. The number of aliphatic hydroxyl groups excluding tert-OH is 7. The van der Waals surface area contributed by atoms with Gasteiger partial charge in [0.1, 0.15) is 55.4 Å². The number of allylic oxidation sites excluding steroid dienone is 2. The zero-order valence-electron chi connectivity index (χ0n) is 47.3. The fourth-order valence-electron chi connectivity index (χ4n) is 9.98. The van der Waals surface area contributed by atoms with Crippen LogP contribution in [-0.2, 0) is 38.0 Å². The number of carbonyl (C=O) groups is 2. The van der Waals surface area contributed by atoms with E-state index in [4.69, 9.17) is 28.4 Å². The van der Waals surface area contributed by atoms with Gasteiger partial charge in [0.15, 0.2) is 18.7 Å². The standard InChI is InChI=1S/C60H112O15/c1-3-5-7-9-11-13-15-17-19-20-21-22-23-24-25-26-27-29-30-32-34-36-38-40-42-51(62)70-45-48(73-52(63)43-41-39-37-35-33-31-28-18-16-14-12-10-8-6-4-2)46-71-59-58(69)56(67)54(65)50(75-59)47-72-60-57(68)55(66)53(64)49(44-61)74-60/h18,28,48-50,53-61,64-69H,3-17,19-27,29-47H2,1-2H3/b28-18-. The van der Waals surface area contributed by atoms with Gasteiger partial charge in [-0.05, 0) is 38.5 Å². The lowest BCUT2D eigenvalue weighted by Gasteiger charge is -2.42. The fourth-order valence-corrected chi connectivity index (χ4v) is 9.98. The Bertz CT molecular complexity index is 1350. The first-order chi connectivity index (χ1) is 36.5. The van der Waals surface area contributed by atoms with Crippen molar-refractivity contribution in [2.24, 2.45) is 0 Å². The quantitative estimate of drug-likeness (QED) is 0.0171. The van der Waals surface area contributed by atoms with E-state index in [1.54, 1.807) is 0 Å². The summed E-state index contributed by atoms with van der Waals surface area (Å²) in [6, 6.07) is 0. The summed E-state index contributed by atoms with van der Waals surface area (Å²) < 4.78 is 33.7. The third kappa shape index (κ3) is 34.1. The molecular formula is C60H112O15. The highest BCUT2D eigenvalue weighted by molar-refractivity contribution is 5.70. The Hall–Kier alpha value is -1.76. The van der Waals surface area contributed by atoms with Crippen LogP contribution in [0.2, 0.25) is 0 Å². The van der Waals surface area contributed by atoms with E-state index in [2.05, 4.69) is 26.0 Å². The van der Waals surface area contributed by atoms with Crippen LogP contribution >= 0.6 is 0 Å². The van der Waals surface area contributed by atoms with E-state index in [-0.39, 0.29) is 26.1 Å². The van der Waals surface area contributed by atoms with Crippen LogP contribution in [0, 0.1) is 0 Å². The number of hydrogen-bond donors (Lipinski definition) is 7. The van der Waals surface area contributed by atoms with E-state index in [9.17, 15) is 45.3 Å². The number of unbranched alkanes of at least 4 members (excludes halogenated alkanes) is 34. The third-order valence-corrected chi connectivity index (χ3v) is 15.0. The van der Waals surface area contributed by atoms with Crippen molar-refractivity contribution in [2.45, 2.75) is 332 Å². The molecule has 7 N–H and O–H groups in total. The molecule has 0 saturated carbocycles. The monoisotopic (exact) mass is 1070 g/mol. The van der Waals surface area contributed by atoms with E-state index in [1.165, 1.54) is 167 Å². The van der Waals surface area contributed by atoms with Crippen molar-refractivity contribution in [3.05, 3.63) is 12.2 Å². The van der Waals surface area contributed by atoms with Gasteiger partial charge in [-0.1, -0.05) is 225 Å². The molecule has 2 heterocycles. The molecule has 0 aliphatic carbocycles. The van der Waals surface area contributed by atoms with Crippen molar-refractivity contribution in [3.63, 3.8) is 0 Å². The van der Waals surface area contributed by atoms with E-state index < -0.39 is 92.7 Å². The third-order valence-electron chi connectivity index (χ3n) is 15.0. The molecule has 2 fully saturated rings. The smallest absolute Gasteiger partial charge is 0.306 e. The Morgan fingerprint density at radius 3 is 1.17 bits per heavy atom. The normalized spacial score (nSPS) is 24.5. The highest BCUT2D eigenvalue weighted by Crippen LogP contribution is 2.27. The maximum Gasteiger partial charge on any atom is 0.306 e. The first-order valence-corrected chi connectivity index (χ1v) is 30.8. The first-order valence-electron chi connectivity index (χ1n) is 30.8. The predicted octanol–water partition coefficient (Wildman–Crippen LogP) is 10.9. The first kappa shape index (κ1) is 69.3. The molecule has 15 nitrogen and oxygen atoms in total. The van der Waals surface area contributed by atoms with Gasteiger partial charge in [0, 0.05) is 12.8 Å². The molecule has 15 heteroatoms. The molecule has 11 atom stereocenters. The number of hydrogen-bond acceptors (Lipinski definition) is 15. The fraction of sp³-hybridized carbons (Fsp3) is 0.933. The number of carbonyl (C=O) groups excluding carboxylic acids is 2. The van der Waals surface area contributed by atoms with Gasteiger partial charge in [0.05, 0.1) is 19.8 Å². The lowest BCUT2D eigenvalue weighted by atomic mass is 9.98. The van der Waals surface area contributed by atoms with Crippen LogP contribution < -0.4 is 0 Å². The molecule has 0 amide bonds. The van der Waals surface area contributed by atoms with Crippen LogP contribution in [0.4, 0.5) is 0 Å². The summed E-state index contributed by atoms with van der Waals surface area (Å²) >= 11 is 0. The minimum atomic E-state index is -1.76. The van der Waals surface area contributed by atoms with Gasteiger partial charge in [0.2, 0.25) is 0 Å². The molecule has 2 saturated heterocycles. The Kier molecular flexibility index (Phi) is 43.5. The Morgan fingerprint density at radius 2 is 0.760 bits per heavy atom. The Labute approximate surface area is 454 Å². The maximum atomic E-state index is 13.1. The van der Waals surface area contributed by atoms with E-state index in [0.717, 1.165) is 57.8 Å². The van der Waals surface area contributed by atoms with Gasteiger partial charge in [0.25, 0.3) is 0 Å². The van der Waals surface area contributed by atoms with Crippen molar-refractivity contribution in [1.82, 2.24) is 0 Å². The van der Waals surface area contributed by atoms with Crippen LogP contribution in [-0.4, -0.2) is 142 Å². The second-order valence-electron chi connectivity index (χ2n) is 21.9.